The molecule has 15 heavy (non-hydrogen) atoms. The highest BCUT2D eigenvalue weighted by atomic mass is 16.5. The summed E-state index contributed by atoms with van der Waals surface area (Å²) in [6.45, 7) is 3.14. The van der Waals surface area contributed by atoms with E-state index in [0.29, 0.717) is 18.3 Å². The number of hydrogen-bond acceptors (Lipinski definition) is 6. The van der Waals surface area contributed by atoms with Crippen molar-refractivity contribution >= 4 is 5.97 Å². The average Bonchev–Trinajstić information content (AvgIpc) is 2.58. The Bertz CT molecular complexity index is 363. The van der Waals surface area contributed by atoms with Crippen LogP contribution in [-0.4, -0.2) is 40.7 Å². The minimum atomic E-state index is -0.197. The third kappa shape index (κ3) is 1.99. The summed E-state index contributed by atoms with van der Waals surface area (Å²) in [5, 5.41) is 3.69. The average molecular weight is 211 g/mol. The lowest BCUT2D eigenvalue weighted by Gasteiger charge is -2.37. The number of methoxy groups -OCH3 is 1. The van der Waals surface area contributed by atoms with Crippen molar-refractivity contribution in [1.82, 2.24) is 15.0 Å². The number of ether oxygens (including phenoxy) is 1. The first-order valence-electron chi connectivity index (χ1n) is 4.82. The van der Waals surface area contributed by atoms with E-state index in [0.717, 1.165) is 13.0 Å². The SMILES string of the molecule is COC(=O)C1CCN1Cc1nc(C)no1. The van der Waals surface area contributed by atoms with Crippen LogP contribution in [-0.2, 0) is 16.1 Å². The van der Waals surface area contributed by atoms with Crippen LogP contribution in [0, 0.1) is 6.92 Å². The number of hydrogen-bond donors (Lipinski definition) is 0. The Kier molecular flexibility index (Phi) is 2.68. The van der Waals surface area contributed by atoms with Gasteiger partial charge in [0.25, 0.3) is 0 Å². The molecule has 0 spiro atoms. The van der Waals surface area contributed by atoms with Gasteiger partial charge in [-0.2, -0.15) is 4.98 Å². The summed E-state index contributed by atoms with van der Waals surface area (Å²) in [5.74, 6) is 0.957. The summed E-state index contributed by atoms with van der Waals surface area (Å²) < 4.78 is 9.66. The smallest absolute Gasteiger partial charge is 0.323 e. The minimum absolute atomic E-state index is 0.151. The van der Waals surface area contributed by atoms with Crippen molar-refractivity contribution in [3.05, 3.63) is 11.7 Å². The predicted molar refractivity (Wildman–Crippen MR) is 49.9 cm³/mol. The van der Waals surface area contributed by atoms with Gasteiger partial charge in [-0.25, -0.2) is 0 Å². The van der Waals surface area contributed by atoms with E-state index in [-0.39, 0.29) is 12.0 Å². The fourth-order valence-electron chi connectivity index (χ4n) is 1.61. The second kappa shape index (κ2) is 3.98. The van der Waals surface area contributed by atoms with Crippen LogP contribution in [0.15, 0.2) is 4.52 Å². The minimum Gasteiger partial charge on any atom is -0.468 e. The molecule has 1 saturated heterocycles. The van der Waals surface area contributed by atoms with Crippen LogP contribution in [0.3, 0.4) is 0 Å². The molecule has 0 aromatic carbocycles. The lowest BCUT2D eigenvalue weighted by atomic mass is 10.0. The Hall–Kier alpha value is -1.43. The highest BCUT2D eigenvalue weighted by molar-refractivity contribution is 5.76. The molecule has 0 radical (unpaired) electrons. The fraction of sp³-hybridized carbons (Fsp3) is 0.667. The molecule has 6 nitrogen and oxygen atoms in total. The number of nitrogens with zero attached hydrogens (tertiary/aromatic N) is 3. The monoisotopic (exact) mass is 211 g/mol. The second-order valence-electron chi connectivity index (χ2n) is 3.53. The molecule has 0 saturated carbocycles. The summed E-state index contributed by atoms with van der Waals surface area (Å²) in [6.07, 6.45) is 0.833. The van der Waals surface area contributed by atoms with Crippen LogP contribution in [0.2, 0.25) is 0 Å². The lowest BCUT2D eigenvalue weighted by Crippen LogP contribution is -2.52. The molecule has 1 atom stereocenters. The fourth-order valence-corrected chi connectivity index (χ4v) is 1.61. The van der Waals surface area contributed by atoms with Crippen molar-refractivity contribution in [3.8, 4) is 0 Å². The predicted octanol–water partition coefficient (Wildman–Crippen LogP) is 0.125. The number of esters is 1. The zero-order chi connectivity index (χ0) is 10.8. The van der Waals surface area contributed by atoms with Crippen LogP contribution >= 0.6 is 0 Å². The van der Waals surface area contributed by atoms with Crippen molar-refractivity contribution in [3.63, 3.8) is 0 Å². The van der Waals surface area contributed by atoms with E-state index < -0.39 is 0 Å². The van der Waals surface area contributed by atoms with Gasteiger partial charge in [-0.3, -0.25) is 9.69 Å². The van der Waals surface area contributed by atoms with Gasteiger partial charge in [0.15, 0.2) is 5.82 Å². The van der Waals surface area contributed by atoms with E-state index in [2.05, 4.69) is 14.9 Å². The van der Waals surface area contributed by atoms with Crippen LogP contribution in [0.4, 0.5) is 0 Å². The van der Waals surface area contributed by atoms with Gasteiger partial charge >= 0.3 is 5.97 Å². The Balaban J connectivity index is 1.93. The van der Waals surface area contributed by atoms with Gasteiger partial charge in [0.05, 0.1) is 13.7 Å². The lowest BCUT2D eigenvalue weighted by molar-refractivity contribution is -0.152. The molecule has 1 aromatic rings. The Morgan fingerprint density at radius 3 is 3.00 bits per heavy atom. The number of carbonyl (C=O) groups excluding carboxylic acids is 1. The first-order chi connectivity index (χ1) is 7.20. The van der Waals surface area contributed by atoms with E-state index in [9.17, 15) is 4.79 Å². The number of rotatable bonds is 3. The quantitative estimate of drug-likeness (QED) is 0.662. The van der Waals surface area contributed by atoms with Crippen LogP contribution in [0.25, 0.3) is 0 Å². The van der Waals surface area contributed by atoms with Gasteiger partial charge in [0.1, 0.15) is 6.04 Å². The van der Waals surface area contributed by atoms with Crippen molar-refractivity contribution in [2.24, 2.45) is 0 Å². The summed E-state index contributed by atoms with van der Waals surface area (Å²) in [6, 6.07) is -0.151. The topological polar surface area (TPSA) is 68.5 Å². The molecule has 0 N–H and O–H groups in total. The third-order valence-corrected chi connectivity index (χ3v) is 2.51. The van der Waals surface area contributed by atoms with Gasteiger partial charge in [0.2, 0.25) is 5.89 Å². The molecular weight excluding hydrogens is 198 g/mol. The van der Waals surface area contributed by atoms with E-state index in [1.807, 2.05) is 4.90 Å². The normalized spacial score (nSPS) is 21.1. The molecular formula is C9H13N3O3. The van der Waals surface area contributed by atoms with Crippen molar-refractivity contribution in [1.29, 1.82) is 0 Å². The van der Waals surface area contributed by atoms with Gasteiger partial charge in [-0.15, -0.1) is 0 Å². The van der Waals surface area contributed by atoms with Gasteiger partial charge < -0.3 is 9.26 Å². The molecule has 1 unspecified atom stereocenters. The molecule has 0 bridgehead atoms. The van der Waals surface area contributed by atoms with E-state index in [1.54, 1.807) is 6.92 Å². The van der Waals surface area contributed by atoms with Crippen molar-refractivity contribution < 1.29 is 14.1 Å². The summed E-state index contributed by atoms with van der Waals surface area (Å²) >= 11 is 0. The van der Waals surface area contributed by atoms with E-state index >= 15 is 0 Å². The number of likely N-dealkylation sites (tertiary alicyclic amines) is 1. The maximum Gasteiger partial charge on any atom is 0.323 e. The van der Waals surface area contributed by atoms with E-state index in [4.69, 9.17) is 4.52 Å². The molecule has 1 aliphatic heterocycles. The summed E-state index contributed by atoms with van der Waals surface area (Å²) in [5.41, 5.74) is 0. The second-order valence-corrected chi connectivity index (χ2v) is 3.53. The number of aryl methyl sites for hydroxylation is 1. The molecule has 2 heterocycles. The van der Waals surface area contributed by atoms with Crippen LogP contribution in [0.5, 0.6) is 0 Å². The van der Waals surface area contributed by atoms with Gasteiger partial charge in [-0.1, -0.05) is 5.16 Å². The maximum absolute atomic E-state index is 11.3. The summed E-state index contributed by atoms with van der Waals surface area (Å²) in [7, 11) is 1.40. The highest BCUT2D eigenvalue weighted by Crippen LogP contribution is 2.20. The first kappa shape index (κ1) is 10.1. The molecule has 6 heteroatoms. The maximum atomic E-state index is 11.3. The zero-order valence-corrected chi connectivity index (χ0v) is 8.77. The Morgan fingerprint density at radius 2 is 2.53 bits per heavy atom. The van der Waals surface area contributed by atoms with Gasteiger partial charge in [-0.05, 0) is 13.3 Å². The Morgan fingerprint density at radius 1 is 1.73 bits per heavy atom. The standard InChI is InChI=1S/C9H13N3O3/c1-6-10-8(15-11-6)5-12-4-3-7(12)9(13)14-2/h7H,3-5H2,1-2H3. The number of aromatic nitrogens is 2. The van der Waals surface area contributed by atoms with Crippen LogP contribution < -0.4 is 0 Å². The largest absolute Gasteiger partial charge is 0.468 e. The van der Waals surface area contributed by atoms with E-state index in [1.165, 1.54) is 7.11 Å². The first-order valence-corrected chi connectivity index (χ1v) is 4.82. The molecule has 1 aliphatic rings. The molecule has 1 aromatic heterocycles. The van der Waals surface area contributed by atoms with Gasteiger partial charge in [0, 0.05) is 6.54 Å². The van der Waals surface area contributed by atoms with Crippen molar-refractivity contribution in [2.75, 3.05) is 13.7 Å². The zero-order valence-electron chi connectivity index (χ0n) is 8.77. The Labute approximate surface area is 87.2 Å². The molecule has 1 fully saturated rings. The van der Waals surface area contributed by atoms with Crippen LogP contribution in [0.1, 0.15) is 18.1 Å². The number of carbonyl (C=O) groups is 1. The van der Waals surface area contributed by atoms with Crippen molar-refractivity contribution in [2.45, 2.75) is 25.9 Å². The third-order valence-electron chi connectivity index (χ3n) is 2.51. The molecule has 0 amide bonds. The highest BCUT2D eigenvalue weighted by Gasteiger charge is 2.35. The molecule has 2 rings (SSSR count). The summed E-state index contributed by atoms with van der Waals surface area (Å²) in [4.78, 5) is 17.3. The molecule has 82 valence electrons. The molecule has 0 aliphatic carbocycles.